The number of hydrogen-bond donors (Lipinski definition) is 3. The van der Waals surface area contributed by atoms with Gasteiger partial charge >= 0.3 is 5.97 Å². The van der Waals surface area contributed by atoms with Crippen LogP contribution in [0.4, 0.5) is 0 Å². The van der Waals surface area contributed by atoms with E-state index in [1.54, 1.807) is 13.0 Å². The van der Waals surface area contributed by atoms with Gasteiger partial charge in [0.25, 0.3) is 0 Å². The summed E-state index contributed by atoms with van der Waals surface area (Å²) in [7, 11) is 0. The van der Waals surface area contributed by atoms with E-state index in [4.69, 9.17) is 16.7 Å². The topological polar surface area (TPSA) is 86.2 Å². The highest BCUT2D eigenvalue weighted by Crippen LogP contribution is 2.38. The molecular formula is C12H11ClN2O3. The van der Waals surface area contributed by atoms with Gasteiger partial charge in [0.15, 0.2) is 0 Å². The summed E-state index contributed by atoms with van der Waals surface area (Å²) in [5.74, 6) is -1.20. The van der Waals surface area contributed by atoms with Crippen LogP contribution in [0, 0.1) is 13.8 Å². The molecule has 2 aromatic rings. The number of carboxylic acids is 1. The Kier molecular flexibility index (Phi) is 3.00. The maximum Gasteiger partial charge on any atom is 0.353 e. The van der Waals surface area contributed by atoms with Crippen molar-refractivity contribution in [1.82, 2.24) is 10.2 Å². The van der Waals surface area contributed by atoms with Gasteiger partial charge in [-0.3, -0.25) is 5.10 Å². The highest BCUT2D eigenvalue weighted by molar-refractivity contribution is 6.33. The summed E-state index contributed by atoms with van der Waals surface area (Å²) in [4.78, 5) is 10.8. The van der Waals surface area contributed by atoms with Gasteiger partial charge in [0, 0.05) is 5.56 Å². The fourth-order valence-electron chi connectivity index (χ4n) is 1.63. The number of nitrogens with one attached hydrogen (secondary N) is 1. The molecule has 1 heterocycles. The summed E-state index contributed by atoms with van der Waals surface area (Å²) in [5, 5.41) is 25.3. The quantitative estimate of drug-likeness (QED) is 0.780. The Morgan fingerprint density at radius 3 is 2.61 bits per heavy atom. The standard InChI is InChI=1S/C12H11ClN2O3/c1-5-3-7(11(16)10(13)6(5)2)8-4-9(12(17)18)15-14-8/h3-4,16H,1-2H3,(H,14,15)(H,17,18). The number of hydrogen-bond acceptors (Lipinski definition) is 3. The number of phenolic OH excluding ortho intramolecular Hbond substituents is 1. The van der Waals surface area contributed by atoms with Crippen LogP contribution < -0.4 is 0 Å². The SMILES string of the molecule is Cc1cc(-c2cc(C(=O)O)[nH]n2)c(O)c(Cl)c1C. The number of phenols is 1. The number of aromatic nitrogens is 2. The fourth-order valence-corrected chi connectivity index (χ4v) is 1.88. The predicted molar refractivity (Wildman–Crippen MR) is 67.1 cm³/mol. The minimum absolute atomic E-state index is 0.0428. The van der Waals surface area contributed by atoms with Crippen LogP contribution in [0.1, 0.15) is 21.6 Å². The van der Waals surface area contributed by atoms with Crippen molar-refractivity contribution < 1.29 is 15.0 Å². The molecule has 6 heteroatoms. The van der Waals surface area contributed by atoms with Crippen LogP contribution >= 0.6 is 11.6 Å². The molecule has 0 aliphatic rings. The second kappa shape index (κ2) is 4.34. The van der Waals surface area contributed by atoms with Gasteiger partial charge in [-0.25, -0.2) is 4.79 Å². The molecule has 0 atom stereocenters. The fraction of sp³-hybridized carbons (Fsp3) is 0.167. The molecule has 0 saturated heterocycles. The average molecular weight is 267 g/mol. The van der Waals surface area contributed by atoms with Crippen molar-refractivity contribution >= 4 is 17.6 Å². The van der Waals surface area contributed by atoms with Gasteiger partial charge in [0.2, 0.25) is 0 Å². The largest absolute Gasteiger partial charge is 0.506 e. The lowest BCUT2D eigenvalue weighted by atomic mass is 10.0. The van der Waals surface area contributed by atoms with Crippen molar-refractivity contribution in [2.24, 2.45) is 0 Å². The van der Waals surface area contributed by atoms with E-state index in [1.165, 1.54) is 6.07 Å². The Bertz CT molecular complexity index is 634. The zero-order valence-corrected chi connectivity index (χ0v) is 10.5. The number of benzene rings is 1. The van der Waals surface area contributed by atoms with Crippen molar-refractivity contribution in [3.63, 3.8) is 0 Å². The van der Waals surface area contributed by atoms with Crippen LogP contribution in [0.3, 0.4) is 0 Å². The molecule has 0 aliphatic carbocycles. The van der Waals surface area contributed by atoms with Gasteiger partial charge in [-0.1, -0.05) is 11.6 Å². The number of nitrogens with zero attached hydrogens (tertiary/aromatic N) is 1. The van der Waals surface area contributed by atoms with Gasteiger partial charge < -0.3 is 10.2 Å². The molecule has 0 fully saturated rings. The lowest BCUT2D eigenvalue weighted by Crippen LogP contribution is -1.95. The summed E-state index contributed by atoms with van der Waals surface area (Å²) >= 11 is 6.00. The number of rotatable bonds is 2. The maximum absolute atomic E-state index is 10.8. The highest BCUT2D eigenvalue weighted by Gasteiger charge is 2.16. The van der Waals surface area contributed by atoms with Crippen molar-refractivity contribution in [3.8, 4) is 17.0 Å². The van der Waals surface area contributed by atoms with E-state index >= 15 is 0 Å². The van der Waals surface area contributed by atoms with Gasteiger partial charge in [-0.15, -0.1) is 0 Å². The highest BCUT2D eigenvalue weighted by atomic mass is 35.5. The second-order valence-corrected chi connectivity index (χ2v) is 4.38. The van der Waals surface area contributed by atoms with E-state index in [1.807, 2.05) is 6.92 Å². The van der Waals surface area contributed by atoms with Gasteiger partial charge in [-0.05, 0) is 37.1 Å². The first-order valence-electron chi connectivity index (χ1n) is 5.19. The van der Waals surface area contributed by atoms with E-state index in [0.717, 1.165) is 11.1 Å². The van der Waals surface area contributed by atoms with Crippen molar-refractivity contribution in [2.45, 2.75) is 13.8 Å². The van der Waals surface area contributed by atoms with Crippen molar-refractivity contribution in [3.05, 3.63) is 34.0 Å². The summed E-state index contributed by atoms with van der Waals surface area (Å²) < 4.78 is 0. The van der Waals surface area contributed by atoms with E-state index in [0.29, 0.717) is 11.3 Å². The van der Waals surface area contributed by atoms with E-state index in [9.17, 15) is 9.90 Å². The molecule has 1 aromatic heterocycles. The summed E-state index contributed by atoms with van der Waals surface area (Å²) in [6, 6.07) is 3.07. The van der Waals surface area contributed by atoms with Gasteiger partial charge in [0.05, 0.1) is 10.7 Å². The maximum atomic E-state index is 10.8. The van der Waals surface area contributed by atoms with E-state index in [2.05, 4.69) is 10.2 Å². The molecule has 0 saturated carbocycles. The van der Waals surface area contributed by atoms with Crippen LogP contribution in [0.25, 0.3) is 11.3 Å². The van der Waals surface area contributed by atoms with Crippen molar-refractivity contribution in [2.75, 3.05) is 0 Å². The average Bonchev–Trinajstić information content (AvgIpc) is 2.80. The molecular weight excluding hydrogens is 256 g/mol. The number of H-pyrrole nitrogens is 1. The number of aromatic carboxylic acids is 1. The first-order valence-corrected chi connectivity index (χ1v) is 5.57. The molecule has 0 aliphatic heterocycles. The first-order chi connectivity index (χ1) is 8.41. The number of carboxylic acid groups (broad SMARTS) is 1. The number of aryl methyl sites for hydroxylation is 1. The third-order valence-electron chi connectivity index (χ3n) is 2.83. The van der Waals surface area contributed by atoms with Crippen LogP contribution in [0.2, 0.25) is 5.02 Å². The molecule has 0 spiro atoms. The van der Waals surface area contributed by atoms with Crippen molar-refractivity contribution in [1.29, 1.82) is 0 Å². The van der Waals surface area contributed by atoms with E-state index in [-0.39, 0.29) is 16.5 Å². The zero-order valence-electron chi connectivity index (χ0n) is 9.78. The second-order valence-electron chi connectivity index (χ2n) is 4.00. The molecule has 94 valence electrons. The Balaban J connectivity index is 2.60. The number of carbonyl (C=O) groups is 1. The molecule has 3 N–H and O–H groups in total. The van der Waals surface area contributed by atoms with Gasteiger partial charge in [-0.2, -0.15) is 5.10 Å². The summed E-state index contributed by atoms with van der Waals surface area (Å²) in [5.41, 5.74) is 2.39. The lowest BCUT2D eigenvalue weighted by molar-refractivity contribution is 0.0690. The number of halogens is 1. The molecule has 2 rings (SSSR count). The summed E-state index contributed by atoms with van der Waals surface area (Å²) in [6.07, 6.45) is 0. The van der Waals surface area contributed by atoms with Crippen LogP contribution in [-0.2, 0) is 0 Å². The van der Waals surface area contributed by atoms with Gasteiger partial charge in [0.1, 0.15) is 11.4 Å². The minimum Gasteiger partial charge on any atom is -0.506 e. The molecule has 0 radical (unpaired) electrons. The van der Waals surface area contributed by atoms with Crippen LogP contribution in [0.5, 0.6) is 5.75 Å². The minimum atomic E-state index is -1.11. The van der Waals surface area contributed by atoms with Crippen LogP contribution in [-0.4, -0.2) is 26.4 Å². The summed E-state index contributed by atoms with van der Waals surface area (Å²) in [6.45, 7) is 3.66. The number of aromatic hydroxyl groups is 1. The normalized spacial score (nSPS) is 10.6. The Labute approximate surface area is 108 Å². The number of aromatic amines is 1. The van der Waals surface area contributed by atoms with E-state index < -0.39 is 5.97 Å². The smallest absolute Gasteiger partial charge is 0.353 e. The molecule has 1 aromatic carbocycles. The third kappa shape index (κ3) is 1.93. The molecule has 0 unspecified atom stereocenters. The Morgan fingerprint density at radius 1 is 1.39 bits per heavy atom. The lowest BCUT2D eigenvalue weighted by Gasteiger charge is -2.09. The zero-order chi connectivity index (χ0) is 13.4. The first kappa shape index (κ1) is 12.4. The molecule has 5 nitrogen and oxygen atoms in total. The Morgan fingerprint density at radius 2 is 2.06 bits per heavy atom. The Hall–Kier alpha value is -2.01. The predicted octanol–water partition coefficient (Wildman–Crippen LogP) is 2.75. The molecule has 0 amide bonds. The molecule has 18 heavy (non-hydrogen) atoms. The van der Waals surface area contributed by atoms with Crippen LogP contribution in [0.15, 0.2) is 12.1 Å². The molecule has 0 bridgehead atoms. The monoisotopic (exact) mass is 266 g/mol. The third-order valence-corrected chi connectivity index (χ3v) is 3.29.